The molecule has 2 N–H and O–H groups in total. The monoisotopic (exact) mass is 201 g/mol. The fraction of sp³-hybridized carbons (Fsp3) is 0.250. The van der Waals surface area contributed by atoms with E-state index in [4.69, 9.17) is 5.73 Å². The van der Waals surface area contributed by atoms with Crippen molar-refractivity contribution in [1.82, 2.24) is 9.78 Å². The molecule has 0 spiro atoms. The van der Waals surface area contributed by atoms with E-state index in [9.17, 15) is 0 Å². The van der Waals surface area contributed by atoms with Gasteiger partial charge in [0.25, 0.3) is 0 Å². The van der Waals surface area contributed by atoms with Gasteiger partial charge in [-0.2, -0.15) is 5.10 Å². The summed E-state index contributed by atoms with van der Waals surface area (Å²) in [6.07, 6.45) is 1.85. The van der Waals surface area contributed by atoms with Gasteiger partial charge in [-0.15, -0.1) is 0 Å². The molecule has 2 aromatic rings. The third-order valence-corrected chi connectivity index (χ3v) is 2.41. The van der Waals surface area contributed by atoms with Crippen LogP contribution < -0.4 is 5.73 Å². The van der Waals surface area contributed by atoms with Crippen molar-refractivity contribution in [1.29, 1.82) is 0 Å². The van der Waals surface area contributed by atoms with Gasteiger partial charge in [-0.3, -0.25) is 0 Å². The molecular formula is C12H15N3. The minimum atomic E-state index is 0.731. The van der Waals surface area contributed by atoms with Gasteiger partial charge < -0.3 is 5.73 Å². The van der Waals surface area contributed by atoms with Crippen LogP contribution in [0.1, 0.15) is 16.8 Å². The Bertz CT molecular complexity index is 458. The fourth-order valence-electron chi connectivity index (χ4n) is 1.69. The predicted octanol–water partition coefficient (Wildman–Crippen LogP) is 2.38. The smallest absolute Gasteiger partial charge is 0.0827 e. The molecule has 2 rings (SSSR count). The van der Waals surface area contributed by atoms with Crippen LogP contribution in [0.3, 0.4) is 0 Å². The molecule has 1 heterocycles. The highest BCUT2D eigenvalue weighted by Crippen LogP contribution is 2.16. The second kappa shape index (κ2) is 3.42. The largest absolute Gasteiger partial charge is 0.396 e. The molecule has 0 amide bonds. The highest BCUT2D eigenvalue weighted by Gasteiger charge is 2.03. The lowest BCUT2D eigenvalue weighted by atomic mass is 10.1. The van der Waals surface area contributed by atoms with Crippen LogP contribution in [0.2, 0.25) is 0 Å². The van der Waals surface area contributed by atoms with Gasteiger partial charge in [0.05, 0.1) is 23.3 Å². The predicted molar refractivity (Wildman–Crippen MR) is 62.2 cm³/mol. The van der Waals surface area contributed by atoms with Crippen LogP contribution in [0, 0.1) is 20.8 Å². The SMILES string of the molecule is Cc1cc(C)cc(-n2cc(N)c(C)n2)c1. The Morgan fingerprint density at radius 1 is 1.07 bits per heavy atom. The van der Waals surface area contributed by atoms with Crippen LogP contribution in [0.15, 0.2) is 24.4 Å². The highest BCUT2D eigenvalue weighted by molar-refractivity contribution is 5.45. The first-order chi connectivity index (χ1) is 7.06. The third-order valence-electron chi connectivity index (χ3n) is 2.41. The number of hydrogen-bond donors (Lipinski definition) is 1. The van der Waals surface area contributed by atoms with Crippen LogP contribution in [0.5, 0.6) is 0 Å². The summed E-state index contributed by atoms with van der Waals surface area (Å²) in [4.78, 5) is 0. The molecule has 0 unspecified atom stereocenters. The lowest BCUT2D eigenvalue weighted by Gasteiger charge is -2.04. The summed E-state index contributed by atoms with van der Waals surface area (Å²) in [6, 6.07) is 6.33. The summed E-state index contributed by atoms with van der Waals surface area (Å²) in [5.41, 5.74) is 10.9. The first-order valence-electron chi connectivity index (χ1n) is 4.96. The number of rotatable bonds is 1. The molecule has 0 aliphatic heterocycles. The van der Waals surface area contributed by atoms with Crippen molar-refractivity contribution in [3.63, 3.8) is 0 Å². The summed E-state index contributed by atoms with van der Waals surface area (Å²) in [5.74, 6) is 0. The number of nitrogens with two attached hydrogens (primary N) is 1. The molecule has 78 valence electrons. The van der Waals surface area contributed by atoms with Gasteiger partial charge in [0, 0.05) is 0 Å². The Balaban J connectivity index is 2.53. The number of hydrogen-bond acceptors (Lipinski definition) is 2. The molecule has 0 saturated carbocycles. The van der Waals surface area contributed by atoms with Crippen molar-refractivity contribution < 1.29 is 0 Å². The van der Waals surface area contributed by atoms with Gasteiger partial charge in [-0.1, -0.05) is 6.07 Å². The quantitative estimate of drug-likeness (QED) is 0.769. The van der Waals surface area contributed by atoms with Gasteiger partial charge in [0.1, 0.15) is 0 Å². The summed E-state index contributed by atoms with van der Waals surface area (Å²) in [5, 5.41) is 4.35. The number of nitrogen functional groups attached to an aromatic ring is 1. The molecule has 0 bridgehead atoms. The van der Waals surface area contributed by atoms with E-state index in [-0.39, 0.29) is 0 Å². The topological polar surface area (TPSA) is 43.8 Å². The summed E-state index contributed by atoms with van der Waals surface area (Å²) in [7, 11) is 0. The van der Waals surface area contributed by atoms with Crippen molar-refractivity contribution in [2.75, 3.05) is 5.73 Å². The molecule has 0 fully saturated rings. The number of nitrogens with zero attached hydrogens (tertiary/aromatic N) is 2. The van der Waals surface area contributed by atoms with E-state index in [0.717, 1.165) is 17.1 Å². The van der Waals surface area contributed by atoms with E-state index in [0.29, 0.717) is 0 Å². The molecule has 0 saturated heterocycles. The molecule has 0 aliphatic rings. The van der Waals surface area contributed by atoms with Crippen molar-refractivity contribution in [3.05, 3.63) is 41.2 Å². The van der Waals surface area contributed by atoms with Crippen molar-refractivity contribution in [3.8, 4) is 5.69 Å². The second-order valence-corrected chi connectivity index (χ2v) is 3.96. The number of aromatic nitrogens is 2. The molecule has 0 radical (unpaired) electrons. The van der Waals surface area contributed by atoms with Crippen LogP contribution in [0.25, 0.3) is 5.69 Å². The van der Waals surface area contributed by atoms with Crippen molar-refractivity contribution in [2.45, 2.75) is 20.8 Å². The molecule has 3 heteroatoms. The zero-order valence-corrected chi connectivity index (χ0v) is 9.28. The van der Waals surface area contributed by atoms with E-state index in [1.54, 1.807) is 0 Å². The van der Waals surface area contributed by atoms with Crippen LogP contribution in [-0.4, -0.2) is 9.78 Å². The van der Waals surface area contributed by atoms with E-state index in [1.807, 2.05) is 17.8 Å². The molecule has 3 nitrogen and oxygen atoms in total. The van der Waals surface area contributed by atoms with Crippen LogP contribution in [-0.2, 0) is 0 Å². The summed E-state index contributed by atoms with van der Waals surface area (Å²) in [6.45, 7) is 6.07. The average Bonchev–Trinajstić information content (AvgIpc) is 2.45. The zero-order chi connectivity index (χ0) is 11.0. The molecule has 0 atom stereocenters. The maximum atomic E-state index is 5.77. The minimum Gasteiger partial charge on any atom is -0.396 e. The number of anilines is 1. The zero-order valence-electron chi connectivity index (χ0n) is 9.28. The first kappa shape index (κ1) is 9.77. The maximum absolute atomic E-state index is 5.77. The van der Waals surface area contributed by atoms with Gasteiger partial charge in [-0.05, 0) is 44.0 Å². The van der Waals surface area contributed by atoms with Crippen molar-refractivity contribution >= 4 is 5.69 Å². The van der Waals surface area contributed by atoms with E-state index in [1.165, 1.54) is 11.1 Å². The van der Waals surface area contributed by atoms with Gasteiger partial charge >= 0.3 is 0 Å². The number of aryl methyl sites for hydroxylation is 3. The first-order valence-corrected chi connectivity index (χ1v) is 4.96. The molecule has 15 heavy (non-hydrogen) atoms. The fourth-order valence-corrected chi connectivity index (χ4v) is 1.69. The van der Waals surface area contributed by atoms with Crippen molar-refractivity contribution in [2.24, 2.45) is 0 Å². The lowest BCUT2D eigenvalue weighted by molar-refractivity contribution is 0.860. The van der Waals surface area contributed by atoms with Crippen LogP contribution in [0.4, 0.5) is 5.69 Å². The molecule has 0 aliphatic carbocycles. The highest BCUT2D eigenvalue weighted by atomic mass is 15.3. The standard InChI is InChI=1S/C12H15N3/c1-8-4-9(2)6-11(5-8)15-7-12(13)10(3)14-15/h4-7H,13H2,1-3H3. The van der Waals surface area contributed by atoms with Gasteiger partial charge in [-0.25, -0.2) is 4.68 Å². The number of benzene rings is 1. The van der Waals surface area contributed by atoms with E-state index < -0.39 is 0 Å². The Labute approximate surface area is 89.5 Å². The third kappa shape index (κ3) is 1.86. The van der Waals surface area contributed by atoms with Gasteiger partial charge in [0.2, 0.25) is 0 Å². The maximum Gasteiger partial charge on any atom is 0.0827 e. The lowest BCUT2D eigenvalue weighted by Crippen LogP contribution is -1.96. The van der Waals surface area contributed by atoms with Crippen LogP contribution >= 0.6 is 0 Å². The Kier molecular flexibility index (Phi) is 2.23. The normalized spacial score (nSPS) is 10.6. The van der Waals surface area contributed by atoms with E-state index >= 15 is 0 Å². The summed E-state index contributed by atoms with van der Waals surface area (Å²) >= 11 is 0. The average molecular weight is 201 g/mol. The Morgan fingerprint density at radius 2 is 1.67 bits per heavy atom. The Hall–Kier alpha value is -1.77. The molecule has 1 aromatic heterocycles. The molecule has 1 aromatic carbocycles. The molecular weight excluding hydrogens is 186 g/mol. The second-order valence-electron chi connectivity index (χ2n) is 3.96. The minimum absolute atomic E-state index is 0.731. The van der Waals surface area contributed by atoms with E-state index in [2.05, 4.69) is 37.1 Å². The Morgan fingerprint density at radius 3 is 2.13 bits per heavy atom. The summed E-state index contributed by atoms with van der Waals surface area (Å²) < 4.78 is 1.82. The van der Waals surface area contributed by atoms with Gasteiger partial charge in [0.15, 0.2) is 0 Å².